The highest BCUT2D eigenvalue weighted by Crippen LogP contribution is 2.28. The first-order valence-corrected chi connectivity index (χ1v) is 5.93. The Morgan fingerprint density at radius 1 is 1.35 bits per heavy atom. The van der Waals surface area contributed by atoms with Gasteiger partial charge in [0.15, 0.2) is 0 Å². The predicted molar refractivity (Wildman–Crippen MR) is 69.2 cm³/mol. The van der Waals surface area contributed by atoms with Crippen LogP contribution in [0.1, 0.15) is 31.4 Å². The summed E-state index contributed by atoms with van der Waals surface area (Å²) in [6.45, 7) is 5.83. The van der Waals surface area contributed by atoms with Crippen molar-refractivity contribution in [2.45, 2.75) is 25.8 Å². The van der Waals surface area contributed by atoms with Gasteiger partial charge in [-0.3, -0.25) is 4.79 Å². The molecule has 1 amide bonds. The number of carbonyl (C=O) groups excluding carboxylic acids is 1. The molecule has 1 aliphatic heterocycles. The summed E-state index contributed by atoms with van der Waals surface area (Å²) in [5, 5.41) is 0. The van der Waals surface area contributed by atoms with E-state index in [-0.39, 0.29) is 11.9 Å². The molecule has 2 rings (SSSR count). The minimum Gasteiger partial charge on any atom is -0.306 e. The summed E-state index contributed by atoms with van der Waals surface area (Å²) in [5.74, 6) is 0.179. The van der Waals surface area contributed by atoms with Crippen molar-refractivity contribution >= 4 is 5.91 Å². The lowest BCUT2D eigenvalue weighted by atomic mass is 10.0. The van der Waals surface area contributed by atoms with Crippen LogP contribution >= 0.6 is 0 Å². The van der Waals surface area contributed by atoms with Crippen molar-refractivity contribution in [2.75, 3.05) is 0 Å². The molecular formula is C15H17NO. The number of hydrogen-bond acceptors (Lipinski definition) is 1. The summed E-state index contributed by atoms with van der Waals surface area (Å²) < 4.78 is 0. The third-order valence-electron chi connectivity index (χ3n) is 3.14. The summed E-state index contributed by atoms with van der Waals surface area (Å²) in [6, 6.07) is 10.1. The monoisotopic (exact) mass is 227 g/mol. The van der Waals surface area contributed by atoms with Gasteiger partial charge in [0.05, 0.1) is 6.04 Å². The van der Waals surface area contributed by atoms with Gasteiger partial charge >= 0.3 is 0 Å². The van der Waals surface area contributed by atoms with Crippen LogP contribution in [0.25, 0.3) is 0 Å². The molecule has 0 saturated carbocycles. The first-order valence-electron chi connectivity index (χ1n) is 5.93. The number of allylic oxidation sites excluding steroid dienone is 2. The average Bonchev–Trinajstić information content (AvgIpc) is 2.38. The van der Waals surface area contributed by atoms with Crippen molar-refractivity contribution in [3.05, 3.63) is 60.3 Å². The van der Waals surface area contributed by atoms with Crippen molar-refractivity contribution in [1.29, 1.82) is 0 Å². The fourth-order valence-corrected chi connectivity index (χ4v) is 2.21. The van der Waals surface area contributed by atoms with Crippen molar-refractivity contribution in [1.82, 2.24) is 4.90 Å². The van der Waals surface area contributed by atoms with Crippen LogP contribution in [-0.2, 0) is 4.79 Å². The zero-order chi connectivity index (χ0) is 12.3. The van der Waals surface area contributed by atoms with Gasteiger partial charge in [0.2, 0.25) is 5.91 Å². The highest BCUT2D eigenvalue weighted by molar-refractivity contribution is 5.80. The van der Waals surface area contributed by atoms with E-state index < -0.39 is 0 Å². The third kappa shape index (κ3) is 2.31. The molecule has 17 heavy (non-hydrogen) atoms. The van der Waals surface area contributed by atoms with E-state index in [0.29, 0.717) is 6.42 Å². The van der Waals surface area contributed by atoms with E-state index in [0.717, 1.165) is 17.7 Å². The number of benzene rings is 1. The van der Waals surface area contributed by atoms with Crippen LogP contribution in [0, 0.1) is 0 Å². The Bertz CT molecular complexity index is 447. The zero-order valence-electron chi connectivity index (χ0n) is 10.1. The fraction of sp³-hybridized carbons (Fsp3) is 0.267. The Balaban J connectivity index is 2.31. The topological polar surface area (TPSA) is 20.3 Å². The summed E-state index contributed by atoms with van der Waals surface area (Å²) >= 11 is 0. The third-order valence-corrected chi connectivity index (χ3v) is 3.14. The van der Waals surface area contributed by atoms with Gasteiger partial charge in [0.25, 0.3) is 0 Å². The van der Waals surface area contributed by atoms with Crippen LogP contribution < -0.4 is 0 Å². The van der Waals surface area contributed by atoms with Crippen LogP contribution in [-0.4, -0.2) is 10.8 Å². The highest BCUT2D eigenvalue weighted by atomic mass is 16.2. The Morgan fingerprint density at radius 3 is 2.71 bits per heavy atom. The Labute approximate surface area is 102 Å². The van der Waals surface area contributed by atoms with E-state index in [9.17, 15) is 4.79 Å². The second-order valence-corrected chi connectivity index (χ2v) is 4.22. The number of rotatable bonds is 3. The maximum Gasteiger partial charge on any atom is 0.227 e. The second kappa shape index (κ2) is 5.00. The molecule has 0 saturated heterocycles. The van der Waals surface area contributed by atoms with Gasteiger partial charge < -0.3 is 4.90 Å². The lowest BCUT2D eigenvalue weighted by molar-refractivity contribution is -0.131. The molecule has 0 aromatic heterocycles. The molecule has 1 aromatic rings. The Kier molecular flexibility index (Phi) is 3.43. The molecule has 1 atom stereocenters. The lowest BCUT2D eigenvalue weighted by Crippen LogP contribution is -2.34. The van der Waals surface area contributed by atoms with Crippen LogP contribution in [0.4, 0.5) is 0 Å². The lowest BCUT2D eigenvalue weighted by Gasteiger charge is -2.33. The van der Waals surface area contributed by atoms with Gasteiger partial charge in [0.1, 0.15) is 0 Å². The van der Waals surface area contributed by atoms with Crippen molar-refractivity contribution in [3.63, 3.8) is 0 Å². The maximum absolute atomic E-state index is 12.0. The van der Waals surface area contributed by atoms with Crippen LogP contribution in [0.15, 0.2) is 54.8 Å². The molecule has 1 unspecified atom stereocenters. The molecule has 0 fully saturated rings. The first-order chi connectivity index (χ1) is 8.24. The highest BCUT2D eigenvalue weighted by Gasteiger charge is 2.25. The average molecular weight is 227 g/mol. The maximum atomic E-state index is 12.0. The summed E-state index contributed by atoms with van der Waals surface area (Å²) in [6.07, 6.45) is 5.25. The van der Waals surface area contributed by atoms with Gasteiger partial charge in [0, 0.05) is 12.1 Å². The molecule has 0 aliphatic carbocycles. The zero-order valence-corrected chi connectivity index (χ0v) is 10.1. The van der Waals surface area contributed by atoms with Gasteiger partial charge in [-0.05, 0) is 25.0 Å². The van der Waals surface area contributed by atoms with Crippen molar-refractivity contribution < 1.29 is 4.79 Å². The van der Waals surface area contributed by atoms with E-state index in [1.807, 2.05) is 35.2 Å². The minimum atomic E-state index is 0.0632. The van der Waals surface area contributed by atoms with Gasteiger partial charge in [-0.2, -0.15) is 0 Å². The minimum absolute atomic E-state index is 0.0632. The van der Waals surface area contributed by atoms with Crippen molar-refractivity contribution in [3.8, 4) is 0 Å². The number of carbonyl (C=O) groups is 1. The molecule has 0 N–H and O–H groups in total. The molecule has 2 heteroatoms. The number of amides is 1. The van der Waals surface area contributed by atoms with Gasteiger partial charge in [-0.1, -0.05) is 43.0 Å². The molecule has 1 heterocycles. The van der Waals surface area contributed by atoms with E-state index >= 15 is 0 Å². The smallest absolute Gasteiger partial charge is 0.227 e. The first kappa shape index (κ1) is 11.6. The Morgan fingerprint density at radius 2 is 2.06 bits per heavy atom. The molecule has 88 valence electrons. The summed E-state index contributed by atoms with van der Waals surface area (Å²) in [7, 11) is 0. The SMILES string of the molecule is C=CC1=CCCC(=O)N1C(C)c1ccccc1. The van der Waals surface area contributed by atoms with Gasteiger partial charge in [-0.15, -0.1) is 0 Å². The van der Waals surface area contributed by atoms with Crippen LogP contribution in [0.3, 0.4) is 0 Å². The second-order valence-electron chi connectivity index (χ2n) is 4.22. The fourth-order valence-electron chi connectivity index (χ4n) is 2.21. The summed E-state index contributed by atoms with van der Waals surface area (Å²) in [5.41, 5.74) is 2.08. The van der Waals surface area contributed by atoms with Crippen LogP contribution in [0.5, 0.6) is 0 Å². The van der Waals surface area contributed by atoms with Crippen molar-refractivity contribution in [2.24, 2.45) is 0 Å². The number of nitrogens with zero attached hydrogens (tertiary/aromatic N) is 1. The van der Waals surface area contributed by atoms with E-state index in [1.165, 1.54) is 0 Å². The molecule has 1 aromatic carbocycles. The molecule has 0 spiro atoms. The van der Waals surface area contributed by atoms with Gasteiger partial charge in [-0.25, -0.2) is 0 Å². The standard InChI is InChI=1S/C15H17NO/c1-3-14-10-7-11-15(17)16(14)12(2)13-8-5-4-6-9-13/h3-6,8-10,12H,1,7,11H2,2H3. The molecule has 2 nitrogen and oxygen atoms in total. The predicted octanol–water partition coefficient (Wildman–Crippen LogP) is 3.44. The van der Waals surface area contributed by atoms with E-state index in [2.05, 4.69) is 19.6 Å². The van der Waals surface area contributed by atoms with E-state index in [4.69, 9.17) is 0 Å². The largest absolute Gasteiger partial charge is 0.306 e. The van der Waals surface area contributed by atoms with E-state index in [1.54, 1.807) is 6.08 Å². The summed E-state index contributed by atoms with van der Waals surface area (Å²) in [4.78, 5) is 13.9. The Hall–Kier alpha value is -1.83. The quantitative estimate of drug-likeness (QED) is 0.774. The van der Waals surface area contributed by atoms with Crippen LogP contribution in [0.2, 0.25) is 0 Å². The normalized spacial score (nSPS) is 17.6. The molecular weight excluding hydrogens is 210 g/mol. The number of hydrogen-bond donors (Lipinski definition) is 0. The molecule has 1 aliphatic rings. The molecule has 0 bridgehead atoms. The molecule has 0 radical (unpaired) electrons.